The molecule has 0 aliphatic rings. The molecule has 0 rings (SSSR count). The molecule has 0 radical (unpaired) electrons. The predicted octanol–water partition coefficient (Wildman–Crippen LogP) is 6.99. The zero-order valence-electron chi connectivity index (χ0n) is 16.9. The molecule has 0 aromatic rings. The lowest BCUT2D eigenvalue weighted by atomic mass is 9.81. The van der Waals surface area contributed by atoms with E-state index in [2.05, 4.69) is 19.6 Å². The van der Waals surface area contributed by atoms with Crippen molar-refractivity contribution in [2.75, 3.05) is 20.6 Å². The molecule has 0 aliphatic carbocycles. The van der Waals surface area contributed by atoms with Gasteiger partial charge in [-0.1, -0.05) is 52.5 Å². The highest BCUT2D eigenvalue weighted by molar-refractivity contribution is 7.53. The Morgan fingerprint density at radius 3 is 2.15 bits per heavy atom. The Labute approximate surface area is 168 Å². The molecule has 0 saturated carbocycles. The van der Waals surface area contributed by atoms with E-state index in [1.165, 1.54) is 19.8 Å². The van der Waals surface area contributed by atoms with Gasteiger partial charge in [0.2, 0.25) is 0 Å². The van der Waals surface area contributed by atoms with Gasteiger partial charge in [0, 0.05) is 14.2 Å². The van der Waals surface area contributed by atoms with Crippen molar-refractivity contribution in [2.24, 2.45) is 11.3 Å². The number of carbonyl (C=O) groups excluding carboxylic acids is 1. The number of hydrogen-bond acceptors (Lipinski definition) is 5. The molecule has 0 aromatic heterocycles. The number of carbonyl (C=O) groups is 1. The third-order valence-corrected chi connectivity index (χ3v) is 6.34. The van der Waals surface area contributed by atoms with Crippen LogP contribution >= 0.6 is 7.60 Å². The van der Waals surface area contributed by atoms with Crippen molar-refractivity contribution in [2.45, 2.75) is 75.2 Å². The number of rotatable bonds is 12. The summed E-state index contributed by atoms with van der Waals surface area (Å²) in [4.78, 5) is 12.5. The van der Waals surface area contributed by atoms with E-state index in [9.17, 15) is 9.36 Å². The Bertz CT molecular complexity index is 519. The van der Waals surface area contributed by atoms with Gasteiger partial charge in [-0.05, 0) is 52.4 Å². The van der Waals surface area contributed by atoms with E-state index in [0.717, 1.165) is 18.4 Å². The van der Waals surface area contributed by atoms with Crippen molar-refractivity contribution in [3.8, 4) is 0 Å². The summed E-state index contributed by atoms with van der Waals surface area (Å²) in [6.07, 6.45) is 5.04. The smallest absolute Gasteiger partial charge is 0.367 e. The number of ether oxygens (including phenoxy) is 1. The molecule has 2 unspecified atom stereocenters. The SMILES string of the molecule is C.C.C=C(C)C(C)CC/C=C(/C)CC(C)(CC)C(=O)OCP(=O)(OC)OC. The quantitative estimate of drug-likeness (QED) is 0.198. The van der Waals surface area contributed by atoms with Crippen LogP contribution in [-0.2, 0) is 23.1 Å². The molecular weight excluding hydrogens is 363 g/mol. The molecule has 0 heterocycles. The van der Waals surface area contributed by atoms with Gasteiger partial charge in [-0.2, -0.15) is 0 Å². The third-order valence-electron chi connectivity index (χ3n) is 4.79. The maximum absolute atomic E-state index is 12.5. The Kier molecular flexibility index (Phi) is 16.1. The van der Waals surface area contributed by atoms with Crippen LogP contribution < -0.4 is 0 Å². The fraction of sp³-hybridized carbons (Fsp3) is 0.762. The van der Waals surface area contributed by atoms with Gasteiger partial charge in [-0.25, -0.2) is 0 Å². The molecule has 0 bridgehead atoms. The maximum atomic E-state index is 12.5. The first-order valence-electron chi connectivity index (χ1n) is 8.72. The molecule has 0 aromatic carbocycles. The summed E-state index contributed by atoms with van der Waals surface area (Å²) >= 11 is 0. The summed E-state index contributed by atoms with van der Waals surface area (Å²) in [5.74, 6) is 0.108. The van der Waals surface area contributed by atoms with Crippen LogP contribution in [0.15, 0.2) is 23.8 Å². The summed E-state index contributed by atoms with van der Waals surface area (Å²) in [5, 5.41) is 0. The normalized spacial score (nSPS) is 15.0. The predicted molar refractivity (Wildman–Crippen MR) is 116 cm³/mol. The third kappa shape index (κ3) is 10.9. The minimum absolute atomic E-state index is 0. The second kappa shape index (κ2) is 14.1. The Balaban J connectivity index is -0.00000288. The Hall–Kier alpha value is -0.900. The van der Waals surface area contributed by atoms with Crippen LogP contribution in [0.4, 0.5) is 0 Å². The van der Waals surface area contributed by atoms with Crippen LogP contribution in [0.25, 0.3) is 0 Å². The zero-order valence-corrected chi connectivity index (χ0v) is 17.8. The van der Waals surface area contributed by atoms with Gasteiger partial charge in [0.1, 0.15) is 0 Å². The zero-order chi connectivity index (χ0) is 19.7. The number of esters is 1. The first kappa shape index (κ1) is 30.8. The van der Waals surface area contributed by atoms with Crippen LogP contribution in [0, 0.1) is 11.3 Å². The molecule has 27 heavy (non-hydrogen) atoms. The first-order chi connectivity index (χ1) is 11.5. The van der Waals surface area contributed by atoms with E-state index in [-0.39, 0.29) is 27.2 Å². The van der Waals surface area contributed by atoms with Crippen molar-refractivity contribution >= 4 is 13.6 Å². The molecule has 5 nitrogen and oxygen atoms in total. The molecule has 0 spiro atoms. The van der Waals surface area contributed by atoms with Gasteiger partial charge < -0.3 is 13.8 Å². The molecule has 2 atom stereocenters. The van der Waals surface area contributed by atoms with E-state index in [1.54, 1.807) is 0 Å². The number of hydrogen-bond donors (Lipinski definition) is 0. The summed E-state index contributed by atoms with van der Waals surface area (Å²) < 4.78 is 26.8. The standard InChI is InChI=1S/C19H35O5P.2CH4/c1-9-19(6,18(20)24-14-25(21,22-7)23-8)13-16(4)11-10-12-17(5)15(2)3;;/h11,17H,2,9-10,12-14H2,1,3-8H3;2*1H4/b16-11-;;. The fourth-order valence-electron chi connectivity index (χ4n) is 2.35. The lowest BCUT2D eigenvalue weighted by Gasteiger charge is -2.27. The number of allylic oxidation sites excluding steroid dienone is 3. The first-order valence-corrected chi connectivity index (χ1v) is 10.4. The average Bonchev–Trinajstić information content (AvgIpc) is 2.58. The lowest BCUT2D eigenvalue weighted by Crippen LogP contribution is -2.30. The summed E-state index contributed by atoms with van der Waals surface area (Å²) in [6.45, 7) is 14.0. The monoisotopic (exact) mass is 406 g/mol. The van der Waals surface area contributed by atoms with Crippen LogP contribution in [0.1, 0.15) is 75.2 Å². The second-order valence-corrected chi connectivity index (χ2v) is 9.21. The van der Waals surface area contributed by atoms with Gasteiger partial charge >= 0.3 is 13.6 Å². The maximum Gasteiger partial charge on any atom is 0.367 e. The van der Waals surface area contributed by atoms with Crippen LogP contribution in [-0.4, -0.2) is 26.5 Å². The van der Waals surface area contributed by atoms with E-state index < -0.39 is 13.0 Å². The van der Waals surface area contributed by atoms with E-state index in [1.807, 2.05) is 27.7 Å². The molecule has 162 valence electrons. The average molecular weight is 407 g/mol. The molecule has 0 N–H and O–H groups in total. The summed E-state index contributed by atoms with van der Waals surface area (Å²) in [6, 6.07) is 0. The summed E-state index contributed by atoms with van der Waals surface area (Å²) in [5.41, 5.74) is 1.68. The lowest BCUT2D eigenvalue weighted by molar-refractivity contribution is -0.153. The molecule has 6 heteroatoms. The van der Waals surface area contributed by atoms with Crippen molar-refractivity contribution in [3.63, 3.8) is 0 Å². The second-order valence-electron chi connectivity index (χ2n) is 7.00. The molecule has 0 saturated heterocycles. The van der Waals surface area contributed by atoms with Crippen LogP contribution in [0.3, 0.4) is 0 Å². The highest BCUT2D eigenvalue weighted by Crippen LogP contribution is 2.46. The van der Waals surface area contributed by atoms with Crippen LogP contribution in [0.5, 0.6) is 0 Å². The van der Waals surface area contributed by atoms with Crippen LogP contribution in [0.2, 0.25) is 0 Å². The minimum atomic E-state index is -3.35. The van der Waals surface area contributed by atoms with E-state index in [0.29, 0.717) is 18.8 Å². The van der Waals surface area contributed by atoms with Crippen molar-refractivity contribution in [1.29, 1.82) is 0 Å². The fourth-order valence-corrected chi connectivity index (χ4v) is 2.98. The van der Waals surface area contributed by atoms with Gasteiger partial charge in [-0.15, -0.1) is 0 Å². The van der Waals surface area contributed by atoms with E-state index >= 15 is 0 Å². The summed E-state index contributed by atoms with van der Waals surface area (Å²) in [7, 11) is -0.806. The highest BCUT2D eigenvalue weighted by atomic mass is 31.2. The van der Waals surface area contributed by atoms with E-state index in [4.69, 9.17) is 13.8 Å². The molecule has 0 fully saturated rings. The molecule has 0 aliphatic heterocycles. The van der Waals surface area contributed by atoms with Crippen molar-refractivity contribution < 1.29 is 23.1 Å². The van der Waals surface area contributed by atoms with Crippen molar-refractivity contribution in [3.05, 3.63) is 23.8 Å². The van der Waals surface area contributed by atoms with Gasteiger partial charge in [0.25, 0.3) is 0 Å². The van der Waals surface area contributed by atoms with Gasteiger partial charge in [0.15, 0.2) is 6.35 Å². The van der Waals surface area contributed by atoms with Crippen molar-refractivity contribution in [1.82, 2.24) is 0 Å². The topological polar surface area (TPSA) is 61.8 Å². The van der Waals surface area contributed by atoms with Gasteiger partial charge in [-0.3, -0.25) is 9.36 Å². The van der Waals surface area contributed by atoms with Gasteiger partial charge in [0.05, 0.1) is 5.41 Å². The highest BCUT2D eigenvalue weighted by Gasteiger charge is 2.35. The largest absolute Gasteiger partial charge is 0.452 e. The molecular formula is C21H43O5P. The molecule has 0 amide bonds. The Morgan fingerprint density at radius 2 is 1.74 bits per heavy atom. The minimum Gasteiger partial charge on any atom is -0.452 e. The Morgan fingerprint density at radius 1 is 1.22 bits per heavy atom.